The smallest absolute Gasteiger partial charge is 0.338 e. The number of ketones is 1. The van der Waals surface area contributed by atoms with Gasteiger partial charge in [-0.15, -0.1) is 0 Å². The Morgan fingerprint density at radius 3 is 2.48 bits per heavy atom. The summed E-state index contributed by atoms with van der Waals surface area (Å²) in [6.45, 7) is 1.70. The molecule has 1 aliphatic heterocycles. The monoisotopic (exact) mass is 454 g/mol. The molecule has 0 saturated carbocycles. The first-order valence-corrected chi connectivity index (χ1v) is 10.3. The zero-order valence-corrected chi connectivity index (χ0v) is 17.9. The molecule has 1 aliphatic rings. The Balaban J connectivity index is 1.56. The van der Waals surface area contributed by atoms with Crippen molar-refractivity contribution in [2.45, 2.75) is 19.8 Å². The Kier molecular flexibility index (Phi) is 7.50. The number of anilines is 1. The molecule has 1 saturated heterocycles. The zero-order valence-electron chi connectivity index (χ0n) is 17.9. The fourth-order valence-corrected chi connectivity index (χ4v) is 3.30. The predicted octanol–water partition coefficient (Wildman–Crippen LogP) is 2.94. The molecule has 3 rings (SSSR count). The summed E-state index contributed by atoms with van der Waals surface area (Å²) >= 11 is 0. The number of ether oxygens (including phenoxy) is 2. The van der Waals surface area contributed by atoms with Crippen LogP contribution >= 0.6 is 0 Å². The van der Waals surface area contributed by atoms with Crippen molar-refractivity contribution in [2.24, 2.45) is 5.92 Å². The molecule has 0 spiro atoms. The number of carbonyl (C=O) groups is 4. The molecule has 0 N–H and O–H groups in total. The third kappa shape index (κ3) is 5.79. The van der Waals surface area contributed by atoms with Gasteiger partial charge in [-0.05, 0) is 30.7 Å². The Morgan fingerprint density at radius 2 is 1.82 bits per heavy atom. The van der Waals surface area contributed by atoms with Crippen molar-refractivity contribution >= 4 is 35.0 Å². The van der Waals surface area contributed by atoms with Gasteiger partial charge in [0, 0.05) is 36.3 Å². The summed E-state index contributed by atoms with van der Waals surface area (Å²) in [5.41, 5.74) is 0.692. The number of rotatable bonds is 9. The number of nitro benzene ring substituents is 1. The van der Waals surface area contributed by atoms with Crippen LogP contribution in [0.1, 0.15) is 40.5 Å². The van der Waals surface area contributed by atoms with E-state index in [9.17, 15) is 29.3 Å². The molecule has 0 bridgehead atoms. The number of nitrogens with zero attached hydrogens (tertiary/aromatic N) is 2. The van der Waals surface area contributed by atoms with Crippen molar-refractivity contribution in [1.29, 1.82) is 0 Å². The Labute approximate surface area is 189 Å². The van der Waals surface area contributed by atoms with Crippen molar-refractivity contribution in [1.82, 2.24) is 0 Å². The molecular weight excluding hydrogens is 432 g/mol. The molecular formula is C23H22N2O8. The summed E-state index contributed by atoms with van der Waals surface area (Å²) in [6.07, 6.45) is 0.630. The second-order valence-corrected chi connectivity index (χ2v) is 7.43. The van der Waals surface area contributed by atoms with Gasteiger partial charge in [0.25, 0.3) is 5.69 Å². The van der Waals surface area contributed by atoms with Crippen molar-refractivity contribution < 1.29 is 33.6 Å². The van der Waals surface area contributed by atoms with Crippen LogP contribution in [0.15, 0.2) is 48.5 Å². The standard InChI is InChI=1S/C23H22N2O8/c1-2-10-32-22(28)15-6-8-18(9-7-15)24-13-17(12-21(24)27)23(29)33-14-20(26)16-4-3-5-19(11-16)25(30)31/h3-9,11,17H,2,10,12-14H2,1H3/t17-/m0/s1. The highest BCUT2D eigenvalue weighted by atomic mass is 16.6. The molecule has 1 amide bonds. The first kappa shape index (κ1) is 23.6. The molecule has 0 aromatic heterocycles. The van der Waals surface area contributed by atoms with Crippen molar-refractivity contribution in [2.75, 3.05) is 24.7 Å². The van der Waals surface area contributed by atoms with Crippen LogP contribution in [-0.2, 0) is 19.1 Å². The fraction of sp³-hybridized carbons (Fsp3) is 0.304. The van der Waals surface area contributed by atoms with Crippen LogP contribution in [0.2, 0.25) is 0 Å². The van der Waals surface area contributed by atoms with E-state index in [2.05, 4.69) is 0 Å². The number of Topliss-reactive ketones (excluding diaryl/α,β-unsaturated/α-hetero) is 1. The number of hydrogen-bond donors (Lipinski definition) is 0. The lowest BCUT2D eigenvalue weighted by atomic mass is 10.1. The second-order valence-electron chi connectivity index (χ2n) is 7.43. The average molecular weight is 454 g/mol. The molecule has 172 valence electrons. The topological polar surface area (TPSA) is 133 Å². The van der Waals surface area contributed by atoms with E-state index in [1.165, 1.54) is 23.1 Å². The molecule has 1 heterocycles. The second kappa shape index (κ2) is 10.5. The molecule has 0 aliphatic carbocycles. The van der Waals surface area contributed by atoms with Gasteiger partial charge in [-0.2, -0.15) is 0 Å². The van der Waals surface area contributed by atoms with Gasteiger partial charge in [-0.1, -0.05) is 19.1 Å². The van der Waals surface area contributed by atoms with E-state index < -0.39 is 35.2 Å². The summed E-state index contributed by atoms with van der Waals surface area (Å²) in [5.74, 6) is -2.79. The number of benzene rings is 2. The minimum atomic E-state index is -0.760. The van der Waals surface area contributed by atoms with Gasteiger partial charge in [0.15, 0.2) is 6.61 Å². The lowest BCUT2D eigenvalue weighted by Crippen LogP contribution is -2.27. The first-order chi connectivity index (χ1) is 15.8. The van der Waals surface area contributed by atoms with E-state index in [0.717, 1.165) is 6.07 Å². The number of esters is 2. The molecule has 10 nitrogen and oxygen atoms in total. The van der Waals surface area contributed by atoms with Gasteiger partial charge >= 0.3 is 11.9 Å². The van der Waals surface area contributed by atoms with Crippen LogP contribution in [0.4, 0.5) is 11.4 Å². The molecule has 33 heavy (non-hydrogen) atoms. The summed E-state index contributed by atoms with van der Waals surface area (Å²) in [7, 11) is 0. The maximum absolute atomic E-state index is 12.4. The molecule has 2 aromatic carbocycles. The quantitative estimate of drug-likeness (QED) is 0.244. The number of carbonyl (C=O) groups excluding carboxylic acids is 4. The molecule has 0 unspecified atom stereocenters. The number of hydrogen-bond acceptors (Lipinski definition) is 8. The summed E-state index contributed by atoms with van der Waals surface area (Å²) in [5, 5.41) is 10.8. The van der Waals surface area contributed by atoms with E-state index in [1.807, 2.05) is 6.92 Å². The van der Waals surface area contributed by atoms with Crippen LogP contribution in [0, 0.1) is 16.0 Å². The summed E-state index contributed by atoms with van der Waals surface area (Å²) < 4.78 is 10.1. The highest BCUT2D eigenvalue weighted by Gasteiger charge is 2.36. The molecule has 1 fully saturated rings. The predicted molar refractivity (Wildman–Crippen MR) is 116 cm³/mol. The third-order valence-corrected chi connectivity index (χ3v) is 5.03. The van der Waals surface area contributed by atoms with Gasteiger partial charge < -0.3 is 14.4 Å². The summed E-state index contributed by atoms with van der Waals surface area (Å²) in [4.78, 5) is 60.6. The molecule has 2 aromatic rings. The van der Waals surface area contributed by atoms with Crippen molar-refractivity contribution in [3.05, 3.63) is 69.8 Å². The van der Waals surface area contributed by atoms with Crippen LogP contribution in [0.5, 0.6) is 0 Å². The van der Waals surface area contributed by atoms with Crippen LogP contribution < -0.4 is 4.90 Å². The lowest BCUT2D eigenvalue weighted by molar-refractivity contribution is -0.384. The lowest BCUT2D eigenvalue weighted by Gasteiger charge is -2.17. The highest BCUT2D eigenvalue weighted by Crippen LogP contribution is 2.26. The largest absolute Gasteiger partial charge is 0.462 e. The van der Waals surface area contributed by atoms with Crippen molar-refractivity contribution in [3.63, 3.8) is 0 Å². The summed E-state index contributed by atoms with van der Waals surface area (Å²) in [6, 6.07) is 11.4. The molecule has 10 heteroatoms. The van der Waals surface area contributed by atoms with E-state index in [-0.39, 0.29) is 30.1 Å². The number of nitro groups is 1. The van der Waals surface area contributed by atoms with Gasteiger partial charge in [0.05, 0.1) is 23.0 Å². The first-order valence-electron chi connectivity index (χ1n) is 10.3. The van der Waals surface area contributed by atoms with Gasteiger partial charge in [0.2, 0.25) is 11.7 Å². The fourth-order valence-electron chi connectivity index (χ4n) is 3.30. The number of amides is 1. The number of non-ortho nitro benzene ring substituents is 1. The Bertz CT molecular complexity index is 1080. The maximum atomic E-state index is 12.4. The van der Waals surface area contributed by atoms with E-state index in [0.29, 0.717) is 24.3 Å². The maximum Gasteiger partial charge on any atom is 0.338 e. The third-order valence-electron chi connectivity index (χ3n) is 5.03. The highest BCUT2D eigenvalue weighted by molar-refractivity contribution is 6.01. The minimum Gasteiger partial charge on any atom is -0.462 e. The van der Waals surface area contributed by atoms with E-state index in [4.69, 9.17) is 9.47 Å². The molecule has 0 radical (unpaired) electrons. The van der Waals surface area contributed by atoms with E-state index in [1.54, 1.807) is 24.3 Å². The van der Waals surface area contributed by atoms with Gasteiger partial charge in [-0.25, -0.2) is 4.79 Å². The molecule has 1 atom stereocenters. The zero-order chi connectivity index (χ0) is 24.0. The van der Waals surface area contributed by atoms with Crippen LogP contribution in [0.3, 0.4) is 0 Å². The average Bonchev–Trinajstić information content (AvgIpc) is 3.22. The van der Waals surface area contributed by atoms with Gasteiger partial charge in [0.1, 0.15) is 0 Å². The Morgan fingerprint density at radius 1 is 1.09 bits per heavy atom. The SMILES string of the molecule is CCCOC(=O)c1ccc(N2C[C@@H](C(=O)OCC(=O)c3cccc([N+](=O)[O-])c3)CC2=O)cc1. The van der Waals surface area contributed by atoms with Crippen molar-refractivity contribution in [3.8, 4) is 0 Å². The normalized spacial score (nSPS) is 15.2. The minimum absolute atomic E-state index is 0.0543. The van der Waals surface area contributed by atoms with Gasteiger partial charge in [-0.3, -0.25) is 24.5 Å². The Hall–Kier alpha value is -4.08. The van der Waals surface area contributed by atoms with Crippen LogP contribution in [0.25, 0.3) is 0 Å². The van der Waals surface area contributed by atoms with Crippen LogP contribution in [-0.4, -0.2) is 48.3 Å². The van der Waals surface area contributed by atoms with E-state index >= 15 is 0 Å².